The van der Waals surface area contributed by atoms with Crippen LogP contribution < -0.4 is 10.1 Å². The van der Waals surface area contributed by atoms with Crippen molar-refractivity contribution in [3.8, 4) is 5.75 Å². The number of rotatable bonds is 5. The van der Waals surface area contributed by atoms with E-state index in [1.807, 2.05) is 6.07 Å². The van der Waals surface area contributed by atoms with E-state index in [4.69, 9.17) is 4.74 Å². The van der Waals surface area contributed by atoms with Crippen molar-refractivity contribution < 1.29 is 4.74 Å². The predicted octanol–water partition coefficient (Wildman–Crippen LogP) is 3.45. The zero-order chi connectivity index (χ0) is 14.5. The first-order chi connectivity index (χ1) is 9.67. The molecule has 0 aromatic heterocycles. The Hall–Kier alpha value is -0.580. The molecule has 0 saturated carbocycles. The number of halogens is 1. The van der Waals surface area contributed by atoms with Gasteiger partial charge >= 0.3 is 0 Å². The van der Waals surface area contributed by atoms with Gasteiger partial charge in [-0.15, -0.1) is 0 Å². The smallest absolute Gasteiger partial charge is 0.123 e. The van der Waals surface area contributed by atoms with Crippen LogP contribution in [0.25, 0.3) is 0 Å². The number of piperazine rings is 1. The number of hydrogen-bond acceptors (Lipinski definition) is 3. The first-order valence-corrected chi connectivity index (χ1v) is 8.24. The highest BCUT2D eigenvalue weighted by atomic mass is 79.9. The van der Waals surface area contributed by atoms with Gasteiger partial charge in [0.15, 0.2) is 0 Å². The van der Waals surface area contributed by atoms with E-state index >= 15 is 0 Å². The summed E-state index contributed by atoms with van der Waals surface area (Å²) in [7, 11) is 1.76. The minimum absolute atomic E-state index is 0.426. The van der Waals surface area contributed by atoms with Crippen LogP contribution in [0.15, 0.2) is 22.7 Å². The van der Waals surface area contributed by atoms with Gasteiger partial charge in [-0.3, -0.25) is 4.90 Å². The third kappa shape index (κ3) is 3.54. The number of nitrogens with one attached hydrogen (secondary N) is 1. The van der Waals surface area contributed by atoms with Crippen LogP contribution >= 0.6 is 15.9 Å². The lowest BCUT2D eigenvalue weighted by Crippen LogP contribution is -2.46. The fourth-order valence-corrected chi connectivity index (χ4v) is 3.36. The molecule has 2 atom stereocenters. The lowest BCUT2D eigenvalue weighted by atomic mass is 9.90. The molecule has 112 valence electrons. The van der Waals surface area contributed by atoms with Gasteiger partial charge in [0.05, 0.1) is 7.11 Å². The zero-order valence-corrected chi connectivity index (χ0v) is 14.2. The molecule has 4 heteroatoms. The molecular weight excluding hydrogens is 316 g/mol. The van der Waals surface area contributed by atoms with Gasteiger partial charge in [0.1, 0.15) is 5.75 Å². The molecular formula is C16H25BrN2O. The quantitative estimate of drug-likeness (QED) is 0.888. The molecule has 20 heavy (non-hydrogen) atoms. The van der Waals surface area contributed by atoms with E-state index in [1.165, 1.54) is 12.0 Å². The van der Waals surface area contributed by atoms with E-state index in [0.717, 1.165) is 36.4 Å². The second-order valence-corrected chi connectivity index (χ2v) is 6.42. The van der Waals surface area contributed by atoms with Crippen molar-refractivity contribution >= 4 is 15.9 Å². The van der Waals surface area contributed by atoms with Gasteiger partial charge in [-0.25, -0.2) is 0 Å². The normalized spacial score (nSPS) is 19.6. The fourth-order valence-electron chi connectivity index (χ4n) is 2.98. The topological polar surface area (TPSA) is 24.5 Å². The SMILES string of the molecule is CCC(C)[C@@H](c1cc(Br)ccc1OC)N1CCNCC1. The molecule has 1 unspecified atom stereocenters. The van der Waals surface area contributed by atoms with Crippen molar-refractivity contribution in [2.24, 2.45) is 5.92 Å². The standard InChI is InChI=1S/C16H25BrN2O/c1-4-12(2)16(19-9-7-18-8-10-19)14-11-13(17)5-6-15(14)20-3/h5-6,11-12,16,18H,4,7-10H2,1-3H3/t12?,16-/m0/s1. The van der Waals surface area contributed by atoms with Crippen LogP contribution in [0.5, 0.6) is 5.75 Å². The lowest BCUT2D eigenvalue weighted by molar-refractivity contribution is 0.126. The molecule has 0 aliphatic carbocycles. The van der Waals surface area contributed by atoms with Crippen LogP contribution in [0.4, 0.5) is 0 Å². The van der Waals surface area contributed by atoms with Gasteiger partial charge in [-0.2, -0.15) is 0 Å². The van der Waals surface area contributed by atoms with Crippen LogP contribution in [0.1, 0.15) is 31.9 Å². The molecule has 1 heterocycles. The first-order valence-electron chi connectivity index (χ1n) is 7.45. The zero-order valence-electron chi connectivity index (χ0n) is 12.7. The Kier molecular flexibility index (Phi) is 5.87. The predicted molar refractivity (Wildman–Crippen MR) is 87.3 cm³/mol. The molecule has 2 rings (SSSR count). The maximum absolute atomic E-state index is 5.60. The van der Waals surface area contributed by atoms with E-state index in [0.29, 0.717) is 12.0 Å². The average Bonchev–Trinajstić information content (AvgIpc) is 2.48. The van der Waals surface area contributed by atoms with Gasteiger partial charge < -0.3 is 10.1 Å². The Balaban J connectivity index is 2.37. The van der Waals surface area contributed by atoms with Crippen LogP contribution in [0, 0.1) is 5.92 Å². The van der Waals surface area contributed by atoms with Gasteiger partial charge in [-0.1, -0.05) is 36.2 Å². The second kappa shape index (κ2) is 7.43. The summed E-state index contributed by atoms with van der Waals surface area (Å²) < 4.78 is 6.73. The maximum Gasteiger partial charge on any atom is 0.123 e. The second-order valence-electron chi connectivity index (χ2n) is 5.50. The maximum atomic E-state index is 5.60. The summed E-state index contributed by atoms with van der Waals surface area (Å²) in [5.41, 5.74) is 1.30. The average molecular weight is 341 g/mol. The molecule has 3 nitrogen and oxygen atoms in total. The van der Waals surface area contributed by atoms with Gasteiger partial charge in [0.2, 0.25) is 0 Å². The van der Waals surface area contributed by atoms with Crippen molar-refractivity contribution in [1.29, 1.82) is 0 Å². The molecule has 1 aliphatic rings. The van der Waals surface area contributed by atoms with Gasteiger partial charge in [-0.05, 0) is 24.1 Å². The number of benzene rings is 1. The van der Waals surface area contributed by atoms with Crippen molar-refractivity contribution in [3.05, 3.63) is 28.2 Å². The Morgan fingerprint density at radius 2 is 2.05 bits per heavy atom. The van der Waals surface area contributed by atoms with Crippen molar-refractivity contribution in [2.45, 2.75) is 26.3 Å². The van der Waals surface area contributed by atoms with E-state index in [1.54, 1.807) is 7.11 Å². The molecule has 0 bridgehead atoms. The summed E-state index contributed by atoms with van der Waals surface area (Å²) in [5, 5.41) is 3.44. The van der Waals surface area contributed by atoms with Crippen molar-refractivity contribution in [1.82, 2.24) is 10.2 Å². The molecule has 1 aromatic carbocycles. The minimum Gasteiger partial charge on any atom is -0.496 e. The summed E-state index contributed by atoms with van der Waals surface area (Å²) >= 11 is 3.60. The molecule has 1 saturated heterocycles. The number of ether oxygens (including phenoxy) is 1. The van der Waals surface area contributed by atoms with Gasteiger partial charge in [0, 0.05) is 42.3 Å². The fraction of sp³-hybridized carbons (Fsp3) is 0.625. The largest absolute Gasteiger partial charge is 0.496 e. The molecule has 0 amide bonds. The van der Waals surface area contributed by atoms with Crippen molar-refractivity contribution in [2.75, 3.05) is 33.3 Å². The number of nitrogens with zero attached hydrogens (tertiary/aromatic N) is 1. The molecule has 1 N–H and O–H groups in total. The summed E-state index contributed by atoms with van der Waals surface area (Å²) in [6.07, 6.45) is 1.17. The number of hydrogen-bond donors (Lipinski definition) is 1. The monoisotopic (exact) mass is 340 g/mol. The third-order valence-electron chi connectivity index (χ3n) is 4.24. The van der Waals surface area contributed by atoms with Crippen LogP contribution in [0.3, 0.4) is 0 Å². The minimum atomic E-state index is 0.426. The summed E-state index contributed by atoms with van der Waals surface area (Å²) in [6, 6.07) is 6.76. The molecule has 0 spiro atoms. The Labute approximate surface area is 130 Å². The molecule has 0 radical (unpaired) electrons. The Bertz CT molecular complexity index is 432. The highest BCUT2D eigenvalue weighted by Gasteiger charge is 2.28. The van der Waals surface area contributed by atoms with Crippen molar-refractivity contribution in [3.63, 3.8) is 0 Å². The third-order valence-corrected chi connectivity index (χ3v) is 4.73. The van der Waals surface area contributed by atoms with Gasteiger partial charge in [0.25, 0.3) is 0 Å². The summed E-state index contributed by atoms with van der Waals surface area (Å²) in [4.78, 5) is 2.59. The van der Waals surface area contributed by atoms with E-state index < -0.39 is 0 Å². The Morgan fingerprint density at radius 3 is 2.65 bits per heavy atom. The number of methoxy groups -OCH3 is 1. The van der Waals surface area contributed by atoms with E-state index in [-0.39, 0.29) is 0 Å². The molecule has 1 fully saturated rings. The van der Waals surface area contributed by atoms with E-state index in [2.05, 4.69) is 52.1 Å². The van der Waals surface area contributed by atoms with Crippen LogP contribution in [0.2, 0.25) is 0 Å². The first kappa shape index (κ1) is 15.8. The van der Waals surface area contributed by atoms with Crippen LogP contribution in [-0.2, 0) is 0 Å². The highest BCUT2D eigenvalue weighted by Crippen LogP contribution is 2.37. The summed E-state index contributed by atoms with van der Waals surface area (Å²) in [6.45, 7) is 8.96. The Morgan fingerprint density at radius 1 is 1.35 bits per heavy atom. The summed E-state index contributed by atoms with van der Waals surface area (Å²) in [5.74, 6) is 1.60. The highest BCUT2D eigenvalue weighted by molar-refractivity contribution is 9.10. The lowest BCUT2D eigenvalue weighted by Gasteiger charge is -2.39. The molecule has 1 aromatic rings. The van der Waals surface area contributed by atoms with E-state index in [9.17, 15) is 0 Å². The molecule has 1 aliphatic heterocycles. The van der Waals surface area contributed by atoms with Crippen LogP contribution in [-0.4, -0.2) is 38.2 Å².